The van der Waals surface area contributed by atoms with E-state index >= 15 is 0 Å². The van der Waals surface area contributed by atoms with Gasteiger partial charge >= 0.3 is 0 Å². The van der Waals surface area contributed by atoms with Gasteiger partial charge in [0.1, 0.15) is 11.5 Å². The first-order chi connectivity index (χ1) is 4.74. The summed E-state index contributed by atoms with van der Waals surface area (Å²) in [6.45, 7) is 1.59. The maximum absolute atomic E-state index is 12.5. The quantitative estimate of drug-likeness (QED) is 0.549. The lowest BCUT2D eigenvalue weighted by Crippen LogP contribution is -1.78. The van der Waals surface area contributed by atoms with E-state index < -0.39 is 0 Å². The van der Waals surface area contributed by atoms with Crippen molar-refractivity contribution >= 4 is 5.69 Å². The van der Waals surface area contributed by atoms with Crippen LogP contribution in [-0.4, -0.2) is 0 Å². The van der Waals surface area contributed by atoms with Crippen LogP contribution in [-0.2, 0) is 0 Å². The van der Waals surface area contributed by atoms with Gasteiger partial charge in [0.15, 0.2) is 0 Å². The van der Waals surface area contributed by atoms with Crippen molar-refractivity contribution in [3.63, 3.8) is 0 Å². The fourth-order valence-electron chi connectivity index (χ4n) is 0.686. The molecule has 52 valence electrons. The van der Waals surface area contributed by atoms with Gasteiger partial charge in [0.05, 0.1) is 0 Å². The summed E-state index contributed by atoms with van der Waals surface area (Å²) >= 11 is 0. The Morgan fingerprint density at radius 2 is 2.20 bits per heavy atom. The summed E-state index contributed by atoms with van der Waals surface area (Å²) in [5.74, 6) is -0.313. The molecule has 0 spiro atoms. The average Bonchev–Trinajstić information content (AvgIpc) is 1.95. The Kier molecular flexibility index (Phi) is 1.76. The molecule has 3 heteroatoms. The molecular formula is C7H6FNO. The summed E-state index contributed by atoms with van der Waals surface area (Å²) in [5, 5.41) is 2.66. The second-order valence-electron chi connectivity index (χ2n) is 2.02. The van der Waals surface area contributed by atoms with E-state index in [2.05, 4.69) is 5.18 Å². The van der Waals surface area contributed by atoms with Crippen molar-refractivity contribution in [1.29, 1.82) is 0 Å². The number of hydrogen-bond donors (Lipinski definition) is 0. The third kappa shape index (κ3) is 1.18. The lowest BCUT2D eigenvalue weighted by Gasteiger charge is -1.93. The van der Waals surface area contributed by atoms with E-state index in [9.17, 15) is 9.30 Å². The van der Waals surface area contributed by atoms with Crippen LogP contribution in [0.5, 0.6) is 0 Å². The molecule has 2 nitrogen and oxygen atoms in total. The van der Waals surface area contributed by atoms with Gasteiger partial charge in [-0.05, 0) is 35.9 Å². The van der Waals surface area contributed by atoms with Gasteiger partial charge in [-0.1, -0.05) is 0 Å². The van der Waals surface area contributed by atoms with Gasteiger partial charge in [0, 0.05) is 0 Å². The zero-order valence-electron chi connectivity index (χ0n) is 5.47. The van der Waals surface area contributed by atoms with Crippen LogP contribution in [0.25, 0.3) is 0 Å². The molecule has 10 heavy (non-hydrogen) atoms. The molecule has 0 N–H and O–H groups in total. The SMILES string of the molecule is Cc1cc(N=O)ccc1F. The number of nitroso groups, excluding NO2 is 1. The fraction of sp³-hybridized carbons (Fsp3) is 0.143. The zero-order valence-corrected chi connectivity index (χ0v) is 5.47. The van der Waals surface area contributed by atoms with Gasteiger partial charge in [-0.3, -0.25) is 0 Å². The van der Waals surface area contributed by atoms with Crippen molar-refractivity contribution in [2.24, 2.45) is 5.18 Å². The van der Waals surface area contributed by atoms with E-state index in [1.165, 1.54) is 18.2 Å². The van der Waals surface area contributed by atoms with Crippen LogP contribution < -0.4 is 0 Å². The van der Waals surface area contributed by atoms with E-state index in [1.54, 1.807) is 6.92 Å². The summed E-state index contributed by atoms with van der Waals surface area (Å²) in [6, 6.07) is 3.98. The maximum Gasteiger partial charge on any atom is 0.126 e. The van der Waals surface area contributed by atoms with Crippen LogP contribution in [0.3, 0.4) is 0 Å². The highest BCUT2D eigenvalue weighted by atomic mass is 19.1. The highest BCUT2D eigenvalue weighted by Gasteiger charge is 1.96. The Labute approximate surface area is 57.7 Å². The second-order valence-corrected chi connectivity index (χ2v) is 2.02. The lowest BCUT2D eigenvalue weighted by atomic mass is 10.2. The van der Waals surface area contributed by atoms with E-state index in [0.29, 0.717) is 5.56 Å². The van der Waals surface area contributed by atoms with E-state index in [1.807, 2.05) is 0 Å². The normalized spacial score (nSPS) is 9.40. The first kappa shape index (κ1) is 6.86. The largest absolute Gasteiger partial charge is 0.207 e. The van der Waals surface area contributed by atoms with E-state index in [-0.39, 0.29) is 11.5 Å². The predicted molar refractivity (Wildman–Crippen MR) is 36.6 cm³/mol. The Bertz CT molecular complexity index is 260. The van der Waals surface area contributed by atoms with Crippen LogP contribution in [0.1, 0.15) is 5.56 Å². The molecule has 0 fully saturated rings. The summed E-state index contributed by atoms with van der Waals surface area (Å²) in [7, 11) is 0. The highest BCUT2D eigenvalue weighted by molar-refractivity contribution is 5.39. The van der Waals surface area contributed by atoms with Crippen molar-refractivity contribution in [3.8, 4) is 0 Å². The molecule has 1 rings (SSSR count). The summed E-state index contributed by atoms with van der Waals surface area (Å²) < 4.78 is 12.5. The molecule has 0 aromatic heterocycles. The minimum atomic E-state index is -0.313. The number of halogens is 1. The molecule has 0 amide bonds. The molecule has 0 saturated heterocycles. The van der Waals surface area contributed by atoms with Crippen molar-refractivity contribution in [2.75, 3.05) is 0 Å². The highest BCUT2D eigenvalue weighted by Crippen LogP contribution is 2.15. The van der Waals surface area contributed by atoms with Gasteiger partial charge in [-0.15, -0.1) is 4.91 Å². The third-order valence-electron chi connectivity index (χ3n) is 1.25. The molecule has 0 aliphatic rings. The fourth-order valence-corrected chi connectivity index (χ4v) is 0.686. The molecule has 0 bridgehead atoms. The lowest BCUT2D eigenvalue weighted by molar-refractivity contribution is 0.618. The van der Waals surface area contributed by atoms with Crippen LogP contribution in [0.4, 0.5) is 10.1 Å². The first-order valence-electron chi connectivity index (χ1n) is 2.83. The Morgan fingerprint density at radius 1 is 1.50 bits per heavy atom. The molecule has 0 atom stereocenters. The zero-order chi connectivity index (χ0) is 7.56. The van der Waals surface area contributed by atoms with Crippen LogP contribution >= 0.6 is 0 Å². The topological polar surface area (TPSA) is 29.4 Å². The van der Waals surface area contributed by atoms with Gasteiger partial charge in [0.25, 0.3) is 0 Å². The average molecular weight is 139 g/mol. The predicted octanol–water partition coefficient (Wildman–Crippen LogP) is 2.53. The molecule has 0 heterocycles. The molecule has 0 aliphatic carbocycles. The van der Waals surface area contributed by atoms with Gasteiger partial charge in [-0.25, -0.2) is 4.39 Å². The van der Waals surface area contributed by atoms with Crippen molar-refractivity contribution < 1.29 is 4.39 Å². The monoisotopic (exact) mass is 139 g/mol. The number of aryl methyl sites for hydroxylation is 1. The van der Waals surface area contributed by atoms with Crippen LogP contribution in [0.15, 0.2) is 23.4 Å². The molecule has 0 saturated carbocycles. The summed E-state index contributed by atoms with van der Waals surface area (Å²) in [4.78, 5) is 9.90. The minimum Gasteiger partial charge on any atom is -0.207 e. The summed E-state index contributed by atoms with van der Waals surface area (Å²) in [5.41, 5.74) is 0.705. The Hall–Kier alpha value is -1.25. The Balaban J connectivity index is 3.16. The number of nitrogens with zero attached hydrogens (tertiary/aromatic N) is 1. The molecular weight excluding hydrogens is 133 g/mol. The van der Waals surface area contributed by atoms with Crippen molar-refractivity contribution in [3.05, 3.63) is 34.5 Å². The van der Waals surface area contributed by atoms with Gasteiger partial charge < -0.3 is 0 Å². The van der Waals surface area contributed by atoms with E-state index in [4.69, 9.17) is 0 Å². The first-order valence-corrected chi connectivity index (χ1v) is 2.83. The minimum absolute atomic E-state index is 0.263. The van der Waals surface area contributed by atoms with E-state index in [0.717, 1.165) is 0 Å². The van der Waals surface area contributed by atoms with Gasteiger partial charge in [0.2, 0.25) is 0 Å². The standard InChI is InChI=1S/C7H6FNO/c1-5-4-6(9-10)2-3-7(5)8/h2-4H,1H3. The number of rotatable bonds is 1. The number of hydrogen-bond acceptors (Lipinski definition) is 2. The van der Waals surface area contributed by atoms with Crippen molar-refractivity contribution in [1.82, 2.24) is 0 Å². The molecule has 0 unspecified atom stereocenters. The molecule has 0 aliphatic heterocycles. The smallest absolute Gasteiger partial charge is 0.126 e. The molecule has 0 radical (unpaired) electrons. The summed E-state index contributed by atoms with van der Waals surface area (Å²) in [6.07, 6.45) is 0. The Morgan fingerprint density at radius 3 is 2.70 bits per heavy atom. The van der Waals surface area contributed by atoms with Crippen molar-refractivity contribution in [2.45, 2.75) is 6.92 Å². The molecule has 1 aromatic rings. The van der Waals surface area contributed by atoms with Gasteiger partial charge in [-0.2, -0.15) is 0 Å². The third-order valence-corrected chi connectivity index (χ3v) is 1.25. The van der Waals surface area contributed by atoms with Crippen LogP contribution in [0.2, 0.25) is 0 Å². The van der Waals surface area contributed by atoms with Crippen LogP contribution in [0, 0.1) is 17.6 Å². The molecule has 1 aromatic carbocycles. The maximum atomic E-state index is 12.5. The second kappa shape index (κ2) is 2.56. The number of benzene rings is 1.